The molecule has 2 nitrogen and oxygen atoms in total. The van der Waals surface area contributed by atoms with Gasteiger partial charge < -0.3 is 4.90 Å². The molecule has 1 rings (SSSR count). The third kappa shape index (κ3) is 3.73. The van der Waals surface area contributed by atoms with Crippen molar-refractivity contribution in [1.29, 1.82) is 0 Å². The van der Waals surface area contributed by atoms with Gasteiger partial charge in [0.2, 0.25) is 0 Å². The largest absolute Gasteiger partial charge is 0.370 e. The van der Waals surface area contributed by atoms with Crippen LogP contribution in [-0.4, -0.2) is 24.3 Å². The zero-order chi connectivity index (χ0) is 13.5. The predicted octanol–water partition coefficient (Wildman–Crippen LogP) is 3.60. The van der Waals surface area contributed by atoms with Crippen molar-refractivity contribution >= 4 is 5.78 Å². The van der Waals surface area contributed by atoms with Crippen LogP contribution in [0.4, 0.5) is 0 Å². The minimum absolute atomic E-state index is 0.275. The summed E-state index contributed by atoms with van der Waals surface area (Å²) in [6.07, 6.45) is 2.70. The van der Waals surface area contributed by atoms with Crippen LogP contribution >= 0.6 is 0 Å². The Labute approximate surface area is 110 Å². The molecule has 0 saturated carbocycles. The molecule has 0 saturated heterocycles. The fraction of sp³-hybridized carbons (Fsp3) is 0.438. The number of ketones is 1. The lowest BCUT2D eigenvalue weighted by atomic mass is 9.96. The van der Waals surface area contributed by atoms with E-state index in [1.807, 2.05) is 27.0 Å². The first kappa shape index (κ1) is 14.5. The summed E-state index contributed by atoms with van der Waals surface area (Å²) in [6.45, 7) is 6.61. The van der Waals surface area contributed by atoms with E-state index in [1.165, 1.54) is 11.3 Å². The Morgan fingerprint density at radius 3 is 2.44 bits per heavy atom. The van der Waals surface area contributed by atoms with Gasteiger partial charge in [-0.05, 0) is 12.5 Å². The zero-order valence-corrected chi connectivity index (χ0v) is 11.8. The number of rotatable bonds is 6. The number of carbonyl (C=O) groups is 1. The molecular weight excluding hydrogens is 222 g/mol. The second-order valence-electron chi connectivity index (χ2n) is 4.59. The number of Topliss-reactive ketones (excluding diaryl/α,β-unsaturated/α-hetero) is 1. The fourth-order valence-electron chi connectivity index (χ4n) is 2.18. The summed E-state index contributed by atoms with van der Waals surface area (Å²) in [7, 11) is 1.99. The van der Waals surface area contributed by atoms with Crippen LogP contribution in [0.25, 0.3) is 0 Å². The van der Waals surface area contributed by atoms with Crippen LogP contribution in [-0.2, 0) is 4.79 Å². The van der Waals surface area contributed by atoms with Crippen LogP contribution in [0.15, 0.2) is 42.1 Å². The molecule has 2 heteroatoms. The van der Waals surface area contributed by atoms with E-state index in [4.69, 9.17) is 0 Å². The highest BCUT2D eigenvalue weighted by atomic mass is 16.1. The summed E-state index contributed by atoms with van der Waals surface area (Å²) in [4.78, 5) is 13.6. The van der Waals surface area contributed by atoms with E-state index in [-0.39, 0.29) is 5.78 Å². The number of benzene rings is 1. The Bertz CT molecular complexity index is 408. The molecule has 0 bridgehead atoms. The van der Waals surface area contributed by atoms with Gasteiger partial charge in [-0.2, -0.15) is 0 Å². The summed E-state index contributed by atoms with van der Waals surface area (Å²) in [5.41, 5.74) is 2.48. The molecule has 98 valence electrons. The Morgan fingerprint density at radius 2 is 1.94 bits per heavy atom. The highest BCUT2D eigenvalue weighted by molar-refractivity contribution is 5.80. The van der Waals surface area contributed by atoms with Gasteiger partial charge >= 0.3 is 0 Å². The molecule has 0 aliphatic rings. The molecule has 0 spiro atoms. The summed E-state index contributed by atoms with van der Waals surface area (Å²) in [5, 5.41) is 0. The molecule has 0 fully saturated rings. The standard InChI is InChI=1S/C16H23NO/c1-5-15(18)12-17(4)16(6-2)13(3)14-10-8-7-9-11-14/h6-11,13H,5,12H2,1-4H3. The Balaban J connectivity index is 2.81. The zero-order valence-electron chi connectivity index (χ0n) is 11.8. The van der Waals surface area contributed by atoms with Gasteiger partial charge in [0.25, 0.3) is 0 Å². The lowest BCUT2D eigenvalue weighted by molar-refractivity contribution is -0.119. The van der Waals surface area contributed by atoms with Crippen LogP contribution in [0.3, 0.4) is 0 Å². The summed E-state index contributed by atoms with van der Waals surface area (Å²) in [6, 6.07) is 10.4. The lowest BCUT2D eigenvalue weighted by Crippen LogP contribution is -2.27. The number of likely N-dealkylation sites (N-methyl/N-ethyl adjacent to an activating group) is 1. The molecule has 0 aromatic heterocycles. The van der Waals surface area contributed by atoms with Gasteiger partial charge in [0.05, 0.1) is 6.54 Å². The average molecular weight is 245 g/mol. The van der Waals surface area contributed by atoms with Gasteiger partial charge in [0, 0.05) is 25.1 Å². The Kier molecular flexibility index (Phi) is 5.63. The van der Waals surface area contributed by atoms with Gasteiger partial charge in [0.15, 0.2) is 5.78 Å². The molecule has 0 N–H and O–H groups in total. The van der Waals surface area contributed by atoms with Crippen LogP contribution in [0, 0.1) is 0 Å². The average Bonchev–Trinajstić information content (AvgIpc) is 2.40. The number of allylic oxidation sites excluding steroid dienone is 2. The van der Waals surface area contributed by atoms with Crippen molar-refractivity contribution in [2.75, 3.05) is 13.6 Å². The highest BCUT2D eigenvalue weighted by Gasteiger charge is 2.15. The smallest absolute Gasteiger partial charge is 0.151 e. The van der Waals surface area contributed by atoms with Crippen molar-refractivity contribution in [2.24, 2.45) is 0 Å². The highest BCUT2D eigenvalue weighted by Crippen LogP contribution is 2.25. The lowest BCUT2D eigenvalue weighted by Gasteiger charge is -2.27. The summed E-state index contributed by atoms with van der Waals surface area (Å²) < 4.78 is 0. The molecule has 1 aromatic rings. The molecule has 0 amide bonds. The second-order valence-corrected chi connectivity index (χ2v) is 4.59. The van der Waals surface area contributed by atoms with Crippen molar-refractivity contribution in [3.8, 4) is 0 Å². The normalized spacial score (nSPS) is 13.2. The van der Waals surface area contributed by atoms with Crippen molar-refractivity contribution in [3.63, 3.8) is 0 Å². The molecular formula is C16H23NO. The monoisotopic (exact) mass is 245 g/mol. The minimum atomic E-state index is 0.275. The molecule has 1 atom stereocenters. The minimum Gasteiger partial charge on any atom is -0.370 e. The van der Waals surface area contributed by atoms with Gasteiger partial charge in [-0.3, -0.25) is 4.79 Å². The number of hydrogen-bond acceptors (Lipinski definition) is 2. The van der Waals surface area contributed by atoms with E-state index in [9.17, 15) is 4.79 Å². The number of hydrogen-bond donors (Lipinski definition) is 0. The van der Waals surface area contributed by atoms with Gasteiger partial charge in [-0.1, -0.05) is 50.3 Å². The quantitative estimate of drug-likeness (QED) is 0.763. The van der Waals surface area contributed by atoms with Gasteiger partial charge in [-0.25, -0.2) is 0 Å². The third-order valence-corrected chi connectivity index (χ3v) is 3.29. The van der Waals surface area contributed by atoms with Gasteiger partial charge in [-0.15, -0.1) is 0 Å². The van der Waals surface area contributed by atoms with Crippen LogP contribution in [0.1, 0.15) is 38.7 Å². The first-order valence-corrected chi connectivity index (χ1v) is 6.54. The van der Waals surface area contributed by atoms with Crippen molar-refractivity contribution in [2.45, 2.75) is 33.1 Å². The maximum Gasteiger partial charge on any atom is 0.151 e. The SMILES string of the molecule is CC=C(C(C)c1ccccc1)N(C)CC(=O)CC. The topological polar surface area (TPSA) is 20.3 Å². The number of carbonyl (C=O) groups excluding carboxylic acids is 1. The van der Waals surface area contributed by atoms with Crippen LogP contribution in [0.5, 0.6) is 0 Å². The van der Waals surface area contributed by atoms with E-state index in [0.29, 0.717) is 18.9 Å². The fourth-order valence-corrected chi connectivity index (χ4v) is 2.18. The van der Waals surface area contributed by atoms with E-state index < -0.39 is 0 Å². The maximum atomic E-state index is 11.5. The molecule has 0 aliphatic carbocycles. The molecule has 18 heavy (non-hydrogen) atoms. The van der Waals surface area contributed by atoms with E-state index in [1.54, 1.807) is 0 Å². The number of nitrogens with zero attached hydrogens (tertiary/aromatic N) is 1. The third-order valence-electron chi connectivity index (χ3n) is 3.29. The van der Waals surface area contributed by atoms with E-state index >= 15 is 0 Å². The van der Waals surface area contributed by atoms with Crippen molar-refractivity contribution in [1.82, 2.24) is 4.90 Å². The van der Waals surface area contributed by atoms with Crippen LogP contribution < -0.4 is 0 Å². The molecule has 1 aromatic carbocycles. The van der Waals surface area contributed by atoms with E-state index in [2.05, 4.69) is 42.2 Å². The first-order chi connectivity index (χ1) is 8.60. The van der Waals surface area contributed by atoms with Crippen molar-refractivity contribution < 1.29 is 4.79 Å². The molecule has 0 aliphatic heterocycles. The predicted molar refractivity (Wildman–Crippen MR) is 76.5 cm³/mol. The maximum absolute atomic E-state index is 11.5. The van der Waals surface area contributed by atoms with Crippen molar-refractivity contribution in [3.05, 3.63) is 47.7 Å². The summed E-state index contributed by atoms with van der Waals surface area (Å²) >= 11 is 0. The Morgan fingerprint density at radius 1 is 1.33 bits per heavy atom. The molecule has 0 heterocycles. The molecule has 1 unspecified atom stereocenters. The Hall–Kier alpha value is -1.57. The first-order valence-electron chi connectivity index (χ1n) is 6.54. The van der Waals surface area contributed by atoms with E-state index in [0.717, 1.165) is 0 Å². The van der Waals surface area contributed by atoms with Gasteiger partial charge in [0.1, 0.15) is 0 Å². The van der Waals surface area contributed by atoms with Crippen LogP contribution in [0.2, 0.25) is 0 Å². The molecule has 0 radical (unpaired) electrons. The summed E-state index contributed by atoms with van der Waals surface area (Å²) in [5.74, 6) is 0.586. The second kappa shape index (κ2) is 7.00.